The molecule has 122 valence electrons. The second kappa shape index (κ2) is 12.8. The Morgan fingerprint density at radius 2 is 1.10 bits per heavy atom. The van der Waals surface area contributed by atoms with E-state index < -0.39 is 8.80 Å². The molecule has 0 bridgehead atoms. The van der Waals surface area contributed by atoms with Crippen LogP contribution < -0.4 is 5.73 Å². The average molecular weight is 306 g/mol. The van der Waals surface area contributed by atoms with Crippen molar-refractivity contribution in [1.82, 2.24) is 0 Å². The van der Waals surface area contributed by atoms with Gasteiger partial charge in [0.15, 0.2) is 0 Å². The average Bonchev–Trinajstić information content (AvgIpc) is 2.46. The van der Waals surface area contributed by atoms with E-state index in [4.69, 9.17) is 19.0 Å². The van der Waals surface area contributed by atoms with Crippen LogP contribution in [0.25, 0.3) is 0 Å². The minimum Gasteiger partial charge on any atom is -0.373 e. The lowest BCUT2D eigenvalue weighted by Crippen LogP contribution is -2.60. The molecule has 5 heteroatoms. The van der Waals surface area contributed by atoms with E-state index in [-0.39, 0.29) is 5.67 Å². The SMILES string of the molecule is CCCCO[Si](OCCCC)(OCCCC)C(N)CC. The van der Waals surface area contributed by atoms with Crippen LogP contribution in [0.5, 0.6) is 0 Å². The Morgan fingerprint density at radius 3 is 1.35 bits per heavy atom. The fraction of sp³-hybridized carbons (Fsp3) is 1.00. The molecule has 4 nitrogen and oxygen atoms in total. The maximum Gasteiger partial charge on any atom is 0.518 e. The molecule has 0 aromatic rings. The molecule has 20 heavy (non-hydrogen) atoms. The van der Waals surface area contributed by atoms with Gasteiger partial charge in [0.25, 0.3) is 0 Å². The van der Waals surface area contributed by atoms with Crippen LogP contribution in [0.4, 0.5) is 0 Å². The Hall–Kier alpha value is 0.0569. The smallest absolute Gasteiger partial charge is 0.373 e. The summed E-state index contributed by atoms with van der Waals surface area (Å²) in [5.41, 5.74) is 6.17. The monoisotopic (exact) mass is 305 g/mol. The molecule has 0 aliphatic rings. The molecule has 1 atom stereocenters. The highest BCUT2D eigenvalue weighted by Crippen LogP contribution is 2.18. The number of hydrogen-bond acceptors (Lipinski definition) is 4. The van der Waals surface area contributed by atoms with Gasteiger partial charge in [0.05, 0.1) is 5.67 Å². The summed E-state index contributed by atoms with van der Waals surface area (Å²) < 4.78 is 18.3. The number of rotatable bonds is 14. The first kappa shape index (κ1) is 20.1. The molecule has 0 spiro atoms. The molecule has 0 heterocycles. The maximum absolute atomic E-state index is 6.29. The molecule has 0 aromatic carbocycles. The van der Waals surface area contributed by atoms with E-state index in [1.165, 1.54) is 0 Å². The Bertz CT molecular complexity index is 191. The predicted octanol–water partition coefficient (Wildman–Crippen LogP) is 3.65. The second-order valence-corrected chi connectivity index (χ2v) is 8.04. The van der Waals surface area contributed by atoms with Crippen LogP contribution in [0.15, 0.2) is 0 Å². The number of nitrogens with two attached hydrogens (primary N) is 1. The molecule has 0 aliphatic heterocycles. The van der Waals surface area contributed by atoms with Crippen molar-refractivity contribution in [1.29, 1.82) is 0 Å². The van der Waals surface area contributed by atoms with E-state index in [1.54, 1.807) is 0 Å². The molecule has 0 amide bonds. The molecule has 0 saturated heterocycles. The molecule has 0 rings (SSSR count). The van der Waals surface area contributed by atoms with Crippen LogP contribution in [0, 0.1) is 0 Å². The summed E-state index contributed by atoms with van der Waals surface area (Å²) in [5, 5.41) is 0. The summed E-state index contributed by atoms with van der Waals surface area (Å²) >= 11 is 0. The molecule has 0 saturated carbocycles. The summed E-state index contributed by atoms with van der Waals surface area (Å²) in [6.45, 7) is 10.6. The minimum absolute atomic E-state index is 0.118. The van der Waals surface area contributed by atoms with Gasteiger partial charge in [0.2, 0.25) is 0 Å². The molecule has 0 aliphatic carbocycles. The van der Waals surface area contributed by atoms with Gasteiger partial charge in [-0.1, -0.05) is 47.0 Å². The quantitative estimate of drug-likeness (QED) is 0.393. The van der Waals surface area contributed by atoms with E-state index in [1.807, 2.05) is 0 Å². The molecule has 1 unspecified atom stereocenters. The molecular formula is C15H35NO3Si. The molecule has 0 aromatic heterocycles. The Balaban J connectivity index is 4.66. The fourth-order valence-corrected chi connectivity index (χ4v) is 4.45. The van der Waals surface area contributed by atoms with Gasteiger partial charge in [-0.3, -0.25) is 0 Å². The number of hydrogen-bond donors (Lipinski definition) is 1. The summed E-state index contributed by atoms with van der Waals surface area (Å²) in [7, 11) is -2.73. The van der Waals surface area contributed by atoms with Crippen LogP contribution in [-0.2, 0) is 13.3 Å². The van der Waals surface area contributed by atoms with Crippen molar-refractivity contribution in [3.63, 3.8) is 0 Å². The summed E-state index contributed by atoms with van der Waals surface area (Å²) in [6.07, 6.45) is 7.23. The van der Waals surface area contributed by atoms with E-state index in [0.717, 1.165) is 44.9 Å². The van der Waals surface area contributed by atoms with Crippen molar-refractivity contribution in [2.45, 2.75) is 78.3 Å². The molecule has 0 fully saturated rings. The van der Waals surface area contributed by atoms with Crippen molar-refractivity contribution in [3.8, 4) is 0 Å². The zero-order chi connectivity index (χ0) is 15.3. The highest BCUT2D eigenvalue weighted by molar-refractivity contribution is 6.62. The first-order valence-electron chi connectivity index (χ1n) is 8.34. The normalized spacial score (nSPS) is 13.7. The zero-order valence-corrected chi connectivity index (χ0v) is 15.0. The first-order chi connectivity index (χ1) is 9.66. The van der Waals surface area contributed by atoms with Crippen LogP contribution >= 0.6 is 0 Å². The van der Waals surface area contributed by atoms with Gasteiger partial charge in [-0.15, -0.1) is 0 Å². The van der Waals surface area contributed by atoms with E-state index in [9.17, 15) is 0 Å². The first-order valence-corrected chi connectivity index (χ1v) is 10.1. The van der Waals surface area contributed by atoms with Crippen molar-refractivity contribution >= 4 is 8.80 Å². The van der Waals surface area contributed by atoms with Gasteiger partial charge in [0.1, 0.15) is 0 Å². The lowest BCUT2D eigenvalue weighted by Gasteiger charge is -2.33. The Labute approximate surface area is 126 Å². The third-order valence-electron chi connectivity index (χ3n) is 3.30. The third kappa shape index (κ3) is 7.74. The lowest BCUT2D eigenvalue weighted by molar-refractivity contribution is 0.0474. The minimum atomic E-state index is -2.73. The van der Waals surface area contributed by atoms with Gasteiger partial charge in [0, 0.05) is 19.8 Å². The molecule has 2 N–H and O–H groups in total. The Morgan fingerprint density at radius 1 is 0.750 bits per heavy atom. The van der Waals surface area contributed by atoms with Crippen molar-refractivity contribution < 1.29 is 13.3 Å². The maximum atomic E-state index is 6.29. The van der Waals surface area contributed by atoms with Gasteiger partial charge in [-0.05, 0) is 25.7 Å². The van der Waals surface area contributed by atoms with Crippen molar-refractivity contribution in [3.05, 3.63) is 0 Å². The summed E-state index contributed by atoms with van der Waals surface area (Å²) in [5.74, 6) is 0. The van der Waals surface area contributed by atoms with Gasteiger partial charge in [-0.2, -0.15) is 0 Å². The van der Waals surface area contributed by atoms with Crippen LogP contribution in [0.2, 0.25) is 0 Å². The standard InChI is InChI=1S/C15H35NO3Si/c1-5-9-12-17-20(15(16)8-4,18-13-10-6-2)19-14-11-7-3/h15H,5-14,16H2,1-4H3. The highest BCUT2D eigenvalue weighted by atomic mass is 28.4. The largest absolute Gasteiger partial charge is 0.518 e. The van der Waals surface area contributed by atoms with Crippen LogP contribution in [-0.4, -0.2) is 34.3 Å². The zero-order valence-electron chi connectivity index (χ0n) is 14.0. The lowest BCUT2D eigenvalue weighted by atomic mass is 10.4. The summed E-state index contributed by atoms with van der Waals surface area (Å²) in [6, 6.07) is 0. The Kier molecular flexibility index (Phi) is 12.8. The fourth-order valence-electron chi connectivity index (χ4n) is 1.77. The third-order valence-corrected chi connectivity index (χ3v) is 6.43. The van der Waals surface area contributed by atoms with Crippen LogP contribution in [0.1, 0.15) is 72.6 Å². The van der Waals surface area contributed by atoms with Gasteiger partial charge >= 0.3 is 8.80 Å². The highest BCUT2D eigenvalue weighted by Gasteiger charge is 2.47. The number of unbranched alkanes of at least 4 members (excludes halogenated alkanes) is 3. The van der Waals surface area contributed by atoms with Crippen molar-refractivity contribution in [2.24, 2.45) is 5.73 Å². The molecular weight excluding hydrogens is 270 g/mol. The van der Waals surface area contributed by atoms with Gasteiger partial charge < -0.3 is 19.0 Å². The predicted molar refractivity (Wildman–Crippen MR) is 86.6 cm³/mol. The second-order valence-electron chi connectivity index (χ2n) is 5.22. The van der Waals surface area contributed by atoms with Crippen LogP contribution in [0.3, 0.4) is 0 Å². The molecule has 0 radical (unpaired) electrons. The van der Waals surface area contributed by atoms with Gasteiger partial charge in [-0.25, -0.2) is 0 Å². The van der Waals surface area contributed by atoms with Crippen molar-refractivity contribution in [2.75, 3.05) is 19.8 Å². The van der Waals surface area contributed by atoms with E-state index in [0.29, 0.717) is 19.8 Å². The van der Waals surface area contributed by atoms with E-state index in [2.05, 4.69) is 27.7 Å². The van der Waals surface area contributed by atoms with E-state index >= 15 is 0 Å². The summed E-state index contributed by atoms with van der Waals surface area (Å²) in [4.78, 5) is 0. The topological polar surface area (TPSA) is 53.7 Å².